The van der Waals surface area contributed by atoms with Crippen LogP contribution in [0.15, 0.2) is 66.2 Å². The van der Waals surface area contributed by atoms with E-state index < -0.39 is 5.91 Å². The van der Waals surface area contributed by atoms with E-state index in [1.54, 1.807) is 48.5 Å². The number of rotatable bonds is 7. The summed E-state index contributed by atoms with van der Waals surface area (Å²) in [5, 5.41) is 22.0. The van der Waals surface area contributed by atoms with Crippen LogP contribution in [0.25, 0.3) is 6.08 Å². The van der Waals surface area contributed by atoms with E-state index >= 15 is 0 Å². The number of benzene rings is 3. The molecule has 0 aromatic heterocycles. The number of ether oxygens (including phenoxy) is 2. The maximum absolute atomic E-state index is 12.5. The van der Waals surface area contributed by atoms with E-state index in [9.17, 15) is 15.3 Å². The smallest absolute Gasteiger partial charge is 0.266 e. The molecule has 1 N–H and O–H groups in total. The largest absolute Gasteiger partial charge is 0.493 e. The van der Waals surface area contributed by atoms with E-state index in [1.165, 1.54) is 13.2 Å². The summed E-state index contributed by atoms with van der Waals surface area (Å²) in [6, 6.07) is 21.3. The summed E-state index contributed by atoms with van der Waals surface area (Å²) in [6.45, 7) is 0.193. The fourth-order valence-electron chi connectivity index (χ4n) is 2.92. The number of amides is 1. The molecule has 0 aliphatic heterocycles. The van der Waals surface area contributed by atoms with Crippen molar-refractivity contribution in [3.05, 3.63) is 91.5 Å². The molecule has 0 unspecified atom stereocenters. The zero-order valence-corrected chi connectivity index (χ0v) is 20.3. The van der Waals surface area contributed by atoms with Gasteiger partial charge in [0.25, 0.3) is 5.91 Å². The first kappa shape index (κ1) is 24.1. The van der Waals surface area contributed by atoms with Crippen molar-refractivity contribution < 1.29 is 14.3 Å². The minimum atomic E-state index is -0.540. The lowest BCUT2D eigenvalue weighted by Gasteiger charge is -2.14. The first-order chi connectivity index (χ1) is 15.9. The molecule has 3 rings (SSSR count). The topological polar surface area (TPSA) is 95.1 Å². The molecule has 1 amide bonds. The van der Waals surface area contributed by atoms with Crippen LogP contribution in [-0.2, 0) is 11.4 Å². The van der Waals surface area contributed by atoms with Gasteiger partial charge in [-0.15, -0.1) is 0 Å². The average molecular weight is 570 g/mol. The number of carbonyl (C=O) groups excluding carboxylic acids is 1. The molecule has 3 aromatic rings. The Morgan fingerprint density at radius 3 is 2.55 bits per heavy atom. The molecule has 0 radical (unpaired) electrons. The third kappa shape index (κ3) is 6.26. The highest BCUT2D eigenvalue weighted by molar-refractivity contribution is 14.1. The summed E-state index contributed by atoms with van der Waals surface area (Å²) in [4.78, 5) is 12.5. The molecular formula is C25H17ClIN3O3. The monoisotopic (exact) mass is 569 g/mol. The fourth-order valence-corrected chi connectivity index (χ4v) is 3.82. The zero-order valence-electron chi connectivity index (χ0n) is 17.4. The Kier molecular flexibility index (Phi) is 8.31. The van der Waals surface area contributed by atoms with E-state index in [0.29, 0.717) is 33.3 Å². The van der Waals surface area contributed by atoms with Gasteiger partial charge in [0.2, 0.25) is 0 Å². The Morgan fingerprint density at radius 1 is 1.15 bits per heavy atom. The third-order valence-electron chi connectivity index (χ3n) is 4.54. The Hall–Kier alpha value is -3.53. The van der Waals surface area contributed by atoms with Crippen molar-refractivity contribution in [2.24, 2.45) is 0 Å². The predicted molar refractivity (Wildman–Crippen MR) is 135 cm³/mol. The second-order valence-electron chi connectivity index (χ2n) is 6.72. The van der Waals surface area contributed by atoms with Crippen molar-refractivity contribution in [3.8, 4) is 23.6 Å². The molecule has 0 saturated carbocycles. The van der Waals surface area contributed by atoms with Gasteiger partial charge in [-0.25, -0.2) is 0 Å². The number of nitrogens with zero attached hydrogens (tertiary/aromatic N) is 2. The first-order valence-electron chi connectivity index (χ1n) is 9.62. The van der Waals surface area contributed by atoms with E-state index in [0.717, 1.165) is 9.13 Å². The molecule has 0 saturated heterocycles. The Bertz CT molecular complexity index is 1290. The molecule has 3 aromatic carbocycles. The van der Waals surface area contributed by atoms with E-state index in [-0.39, 0.29) is 12.2 Å². The normalized spacial score (nSPS) is 10.6. The minimum absolute atomic E-state index is 0.0700. The number of carbonyl (C=O) groups is 1. The van der Waals surface area contributed by atoms with Gasteiger partial charge in [-0.05, 0) is 76.7 Å². The van der Waals surface area contributed by atoms with E-state index in [2.05, 4.69) is 34.0 Å². The third-order valence-corrected chi connectivity index (χ3v) is 5.59. The lowest BCUT2D eigenvalue weighted by molar-refractivity contribution is -0.112. The number of hydrogen-bond acceptors (Lipinski definition) is 5. The Morgan fingerprint density at radius 2 is 1.88 bits per heavy atom. The Balaban J connectivity index is 1.83. The van der Waals surface area contributed by atoms with Gasteiger partial charge in [-0.1, -0.05) is 29.8 Å². The molecule has 0 aliphatic carbocycles. The van der Waals surface area contributed by atoms with Gasteiger partial charge in [-0.2, -0.15) is 10.5 Å². The van der Waals surface area contributed by atoms with Crippen LogP contribution in [0.3, 0.4) is 0 Å². The van der Waals surface area contributed by atoms with Crippen molar-refractivity contribution >= 4 is 51.9 Å². The van der Waals surface area contributed by atoms with Crippen LogP contribution in [-0.4, -0.2) is 13.0 Å². The molecule has 164 valence electrons. The number of methoxy groups -OCH3 is 1. The first-order valence-corrected chi connectivity index (χ1v) is 11.1. The molecule has 0 atom stereocenters. The van der Waals surface area contributed by atoms with Crippen LogP contribution in [0.5, 0.6) is 11.5 Å². The molecule has 0 spiro atoms. The molecule has 0 heterocycles. The van der Waals surface area contributed by atoms with Crippen LogP contribution in [0.4, 0.5) is 5.69 Å². The molecule has 0 fully saturated rings. The van der Waals surface area contributed by atoms with Gasteiger partial charge >= 0.3 is 0 Å². The van der Waals surface area contributed by atoms with Crippen LogP contribution in [0, 0.1) is 26.2 Å². The molecule has 8 heteroatoms. The highest BCUT2D eigenvalue weighted by Crippen LogP contribution is 2.35. The van der Waals surface area contributed by atoms with Gasteiger partial charge in [0.05, 0.1) is 22.3 Å². The predicted octanol–water partition coefficient (Wildman–Crippen LogP) is 5.95. The standard InChI is InChI=1S/C25H17ClIN3O3/c1-32-23-12-16(10-19(14-29)25(31)30-21-8-6-20(26)7-9-21)11-22(27)24(23)33-15-18-5-3-2-4-17(18)13-28/h2-12H,15H2,1H3,(H,30,31)/b19-10-. The lowest BCUT2D eigenvalue weighted by Crippen LogP contribution is -2.13. The zero-order chi connectivity index (χ0) is 23.8. The van der Waals surface area contributed by atoms with Crippen molar-refractivity contribution in [2.45, 2.75) is 6.61 Å². The summed E-state index contributed by atoms with van der Waals surface area (Å²) < 4.78 is 12.1. The summed E-state index contributed by atoms with van der Waals surface area (Å²) in [5.74, 6) is 0.410. The van der Waals surface area contributed by atoms with Crippen molar-refractivity contribution in [3.63, 3.8) is 0 Å². The average Bonchev–Trinajstić information content (AvgIpc) is 2.83. The Labute approximate surface area is 210 Å². The number of anilines is 1. The number of halogens is 2. The summed E-state index contributed by atoms with van der Waals surface area (Å²) in [5.41, 5.74) is 2.35. The number of nitriles is 2. The molecular weight excluding hydrogens is 553 g/mol. The summed E-state index contributed by atoms with van der Waals surface area (Å²) >= 11 is 7.96. The van der Waals surface area contributed by atoms with Crippen LogP contribution < -0.4 is 14.8 Å². The summed E-state index contributed by atoms with van der Waals surface area (Å²) in [7, 11) is 1.51. The second-order valence-corrected chi connectivity index (χ2v) is 8.32. The van der Waals surface area contributed by atoms with Crippen LogP contribution >= 0.6 is 34.2 Å². The lowest BCUT2D eigenvalue weighted by atomic mass is 10.1. The second kappa shape index (κ2) is 11.4. The number of nitrogens with one attached hydrogen (secondary N) is 1. The van der Waals surface area contributed by atoms with Crippen LogP contribution in [0.1, 0.15) is 16.7 Å². The van der Waals surface area contributed by atoms with E-state index in [4.69, 9.17) is 21.1 Å². The molecule has 6 nitrogen and oxygen atoms in total. The summed E-state index contributed by atoms with van der Waals surface area (Å²) in [6.07, 6.45) is 1.48. The fraction of sp³-hybridized carbons (Fsp3) is 0.0800. The van der Waals surface area contributed by atoms with Gasteiger partial charge < -0.3 is 14.8 Å². The van der Waals surface area contributed by atoms with Crippen molar-refractivity contribution in [2.75, 3.05) is 12.4 Å². The number of hydrogen-bond donors (Lipinski definition) is 1. The van der Waals surface area contributed by atoms with Crippen LogP contribution in [0.2, 0.25) is 5.02 Å². The highest BCUT2D eigenvalue weighted by Gasteiger charge is 2.15. The minimum Gasteiger partial charge on any atom is -0.493 e. The SMILES string of the molecule is COc1cc(/C=C(/C#N)C(=O)Nc2ccc(Cl)cc2)cc(I)c1OCc1ccccc1C#N. The molecule has 0 aliphatic rings. The molecule has 33 heavy (non-hydrogen) atoms. The maximum atomic E-state index is 12.5. The maximum Gasteiger partial charge on any atom is 0.266 e. The van der Waals surface area contributed by atoms with Gasteiger partial charge in [0.1, 0.15) is 18.2 Å². The highest BCUT2D eigenvalue weighted by atomic mass is 127. The quantitative estimate of drug-likeness (QED) is 0.216. The van der Waals surface area contributed by atoms with Gasteiger partial charge in [0.15, 0.2) is 11.5 Å². The van der Waals surface area contributed by atoms with E-state index in [1.807, 2.05) is 18.2 Å². The molecule has 0 bridgehead atoms. The van der Waals surface area contributed by atoms with Gasteiger partial charge in [0, 0.05) is 16.3 Å². The van der Waals surface area contributed by atoms with Crippen molar-refractivity contribution in [1.29, 1.82) is 10.5 Å². The van der Waals surface area contributed by atoms with Crippen molar-refractivity contribution in [1.82, 2.24) is 0 Å². The van der Waals surface area contributed by atoms with Gasteiger partial charge in [-0.3, -0.25) is 4.79 Å².